The van der Waals surface area contributed by atoms with E-state index < -0.39 is 0 Å². The maximum absolute atomic E-state index is 4.62. The minimum Gasteiger partial charge on any atom is -0.314 e. The lowest BCUT2D eigenvalue weighted by atomic mass is 10.1. The van der Waals surface area contributed by atoms with Crippen LogP contribution in [0.3, 0.4) is 0 Å². The standard InChI is InChI=1S/C10H20N3/c1-2-6-13(7-3-1)9-10-8-11-4-5-12-10/h10-11H,1-9H2. The highest BCUT2D eigenvalue weighted by Gasteiger charge is 2.18. The van der Waals surface area contributed by atoms with Crippen LogP contribution in [0.2, 0.25) is 0 Å². The first kappa shape index (κ1) is 9.44. The molecule has 2 fully saturated rings. The number of nitrogens with zero attached hydrogens (tertiary/aromatic N) is 2. The van der Waals surface area contributed by atoms with Gasteiger partial charge in [-0.2, -0.15) is 0 Å². The average molecular weight is 182 g/mol. The van der Waals surface area contributed by atoms with E-state index in [1.807, 2.05) is 0 Å². The normalized spacial score (nSPS) is 31.8. The molecule has 1 unspecified atom stereocenters. The largest absolute Gasteiger partial charge is 0.314 e. The zero-order valence-electron chi connectivity index (χ0n) is 8.34. The van der Waals surface area contributed by atoms with Crippen LogP contribution < -0.4 is 10.6 Å². The lowest BCUT2D eigenvalue weighted by molar-refractivity contribution is 0.195. The third kappa shape index (κ3) is 2.93. The SMILES string of the molecule is C1CCN(CC2CNCC[N]2)CC1. The summed E-state index contributed by atoms with van der Waals surface area (Å²) in [5.74, 6) is 0. The first-order valence-corrected chi connectivity index (χ1v) is 5.55. The van der Waals surface area contributed by atoms with E-state index in [1.54, 1.807) is 0 Å². The van der Waals surface area contributed by atoms with Crippen LogP contribution in [0.15, 0.2) is 0 Å². The van der Waals surface area contributed by atoms with Crippen LogP contribution in [-0.2, 0) is 0 Å². The van der Waals surface area contributed by atoms with Gasteiger partial charge in [0.25, 0.3) is 0 Å². The maximum atomic E-state index is 4.62. The van der Waals surface area contributed by atoms with E-state index in [-0.39, 0.29) is 0 Å². The molecule has 2 heterocycles. The summed E-state index contributed by atoms with van der Waals surface area (Å²) in [6.07, 6.45) is 4.21. The Hall–Kier alpha value is -0.120. The van der Waals surface area contributed by atoms with E-state index in [0.29, 0.717) is 6.04 Å². The summed E-state index contributed by atoms with van der Waals surface area (Å²) in [5.41, 5.74) is 0. The van der Waals surface area contributed by atoms with Gasteiger partial charge in [0, 0.05) is 32.2 Å². The Balaban J connectivity index is 1.69. The van der Waals surface area contributed by atoms with Gasteiger partial charge in [-0.05, 0) is 25.9 Å². The molecule has 0 aromatic carbocycles. The molecule has 3 nitrogen and oxygen atoms in total. The minimum absolute atomic E-state index is 0.562. The molecular formula is C10H20N3. The Morgan fingerprint density at radius 1 is 1.23 bits per heavy atom. The van der Waals surface area contributed by atoms with Crippen LogP contribution in [0.25, 0.3) is 0 Å². The maximum Gasteiger partial charge on any atom is 0.0498 e. The molecule has 0 bridgehead atoms. The summed E-state index contributed by atoms with van der Waals surface area (Å²) in [4.78, 5) is 2.57. The number of piperidine rings is 1. The fourth-order valence-corrected chi connectivity index (χ4v) is 2.22. The molecule has 2 rings (SSSR count). The number of hydrogen-bond donors (Lipinski definition) is 1. The number of likely N-dealkylation sites (tertiary alicyclic amines) is 1. The van der Waals surface area contributed by atoms with E-state index in [0.717, 1.165) is 19.6 Å². The van der Waals surface area contributed by atoms with Crippen molar-refractivity contribution in [1.29, 1.82) is 0 Å². The topological polar surface area (TPSA) is 29.4 Å². The smallest absolute Gasteiger partial charge is 0.0498 e. The van der Waals surface area contributed by atoms with Crippen molar-refractivity contribution in [2.75, 3.05) is 39.3 Å². The summed E-state index contributed by atoms with van der Waals surface area (Å²) in [5, 5.41) is 8.02. The fraction of sp³-hybridized carbons (Fsp3) is 1.00. The fourth-order valence-electron chi connectivity index (χ4n) is 2.22. The zero-order chi connectivity index (χ0) is 8.93. The molecular weight excluding hydrogens is 162 g/mol. The van der Waals surface area contributed by atoms with Crippen LogP contribution in [0.5, 0.6) is 0 Å². The van der Waals surface area contributed by atoms with Gasteiger partial charge in [-0.3, -0.25) is 0 Å². The Morgan fingerprint density at radius 3 is 2.77 bits per heavy atom. The Labute approximate surface area is 80.9 Å². The van der Waals surface area contributed by atoms with Crippen molar-refractivity contribution >= 4 is 0 Å². The third-order valence-corrected chi connectivity index (χ3v) is 2.97. The van der Waals surface area contributed by atoms with Gasteiger partial charge >= 0.3 is 0 Å². The van der Waals surface area contributed by atoms with Crippen LogP contribution in [0.4, 0.5) is 0 Å². The van der Waals surface area contributed by atoms with E-state index >= 15 is 0 Å². The second kappa shape index (κ2) is 4.94. The minimum atomic E-state index is 0.562. The molecule has 75 valence electrons. The van der Waals surface area contributed by atoms with Crippen molar-refractivity contribution in [3.8, 4) is 0 Å². The van der Waals surface area contributed by atoms with Crippen molar-refractivity contribution in [3.05, 3.63) is 0 Å². The Kier molecular flexibility index (Phi) is 3.58. The van der Waals surface area contributed by atoms with Gasteiger partial charge in [-0.25, -0.2) is 5.32 Å². The molecule has 2 aliphatic rings. The van der Waals surface area contributed by atoms with Gasteiger partial charge in [0.2, 0.25) is 0 Å². The van der Waals surface area contributed by atoms with Crippen molar-refractivity contribution in [3.63, 3.8) is 0 Å². The molecule has 0 spiro atoms. The molecule has 0 aliphatic carbocycles. The summed E-state index contributed by atoms with van der Waals surface area (Å²) in [6, 6.07) is 0.562. The highest BCUT2D eigenvalue weighted by atomic mass is 15.2. The number of hydrogen-bond acceptors (Lipinski definition) is 2. The van der Waals surface area contributed by atoms with Crippen LogP contribution in [0.1, 0.15) is 19.3 Å². The van der Waals surface area contributed by atoms with Crippen molar-refractivity contribution in [2.45, 2.75) is 25.3 Å². The molecule has 0 saturated carbocycles. The number of piperazine rings is 1. The number of rotatable bonds is 2. The molecule has 1 atom stereocenters. The van der Waals surface area contributed by atoms with Crippen molar-refractivity contribution in [2.24, 2.45) is 0 Å². The molecule has 0 aromatic heterocycles. The summed E-state index contributed by atoms with van der Waals surface area (Å²) in [7, 11) is 0. The van der Waals surface area contributed by atoms with Gasteiger partial charge in [0.1, 0.15) is 0 Å². The van der Waals surface area contributed by atoms with Crippen molar-refractivity contribution in [1.82, 2.24) is 15.5 Å². The molecule has 0 amide bonds. The summed E-state index contributed by atoms with van der Waals surface area (Å²) < 4.78 is 0. The second-order valence-electron chi connectivity index (χ2n) is 4.13. The third-order valence-electron chi connectivity index (χ3n) is 2.97. The van der Waals surface area contributed by atoms with Gasteiger partial charge in [-0.15, -0.1) is 0 Å². The molecule has 1 radical (unpaired) electrons. The molecule has 13 heavy (non-hydrogen) atoms. The molecule has 1 N–H and O–H groups in total. The highest BCUT2D eigenvalue weighted by molar-refractivity contribution is 4.79. The lowest BCUT2D eigenvalue weighted by Crippen LogP contribution is -2.50. The lowest BCUT2D eigenvalue weighted by Gasteiger charge is -2.32. The molecule has 2 saturated heterocycles. The molecule has 2 aliphatic heterocycles. The molecule has 3 heteroatoms. The van der Waals surface area contributed by atoms with E-state index in [4.69, 9.17) is 0 Å². The van der Waals surface area contributed by atoms with Gasteiger partial charge in [0.05, 0.1) is 0 Å². The predicted octanol–water partition coefficient (Wildman–Crippen LogP) is 0.0485. The summed E-state index contributed by atoms with van der Waals surface area (Å²) >= 11 is 0. The Bertz CT molecular complexity index is 121. The monoisotopic (exact) mass is 182 g/mol. The van der Waals surface area contributed by atoms with Gasteiger partial charge in [0.15, 0.2) is 0 Å². The number of nitrogens with one attached hydrogen (secondary N) is 1. The van der Waals surface area contributed by atoms with Crippen LogP contribution in [0, 0.1) is 0 Å². The molecule has 0 aromatic rings. The van der Waals surface area contributed by atoms with Gasteiger partial charge < -0.3 is 10.2 Å². The highest BCUT2D eigenvalue weighted by Crippen LogP contribution is 2.09. The second-order valence-corrected chi connectivity index (χ2v) is 4.13. The van der Waals surface area contributed by atoms with Crippen LogP contribution in [-0.4, -0.2) is 50.2 Å². The average Bonchev–Trinajstić information content (AvgIpc) is 2.21. The van der Waals surface area contributed by atoms with Gasteiger partial charge in [-0.1, -0.05) is 6.42 Å². The summed E-state index contributed by atoms with van der Waals surface area (Å²) in [6.45, 7) is 6.97. The van der Waals surface area contributed by atoms with Crippen LogP contribution >= 0.6 is 0 Å². The van der Waals surface area contributed by atoms with Crippen molar-refractivity contribution < 1.29 is 0 Å². The van der Waals surface area contributed by atoms with E-state index in [2.05, 4.69) is 15.5 Å². The zero-order valence-corrected chi connectivity index (χ0v) is 8.34. The van der Waals surface area contributed by atoms with E-state index in [9.17, 15) is 0 Å². The van der Waals surface area contributed by atoms with E-state index in [1.165, 1.54) is 38.9 Å². The quantitative estimate of drug-likeness (QED) is 0.654. The Morgan fingerprint density at radius 2 is 2.08 bits per heavy atom. The first-order chi connectivity index (χ1) is 6.45. The predicted molar refractivity (Wildman–Crippen MR) is 53.9 cm³/mol. The first-order valence-electron chi connectivity index (χ1n) is 5.55.